The zero-order chi connectivity index (χ0) is 25.0. The van der Waals surface area contributed by atoms with Gasteiger partial charge in [-0.1, -0.05) is 42.5 Å². The van der Waals surface area contributed by atoms with Crippen LogP contribution in [0.3, 0.4) is 0 Å². The highest BCUT2D eigenvalue weighted by atomic mass is 35.5. The Morgan fingerprint density at radius 2 is 1.62 bits per heavy atom. The molecule has 0 saturated carbocycles. The second-order valence-corrected chi connectivity index (χ2v) is 8.94. The minimum absolute atomic E-state index is 0. The van der Waals surface area contributed by atoms with Crippen LogP contribution in [0.5, 0.6) is 17.2 Å². The summed E-state index contributed by atoms with van der Waals surface area (Å²) in [6, 6.07) is 24.5. The van der Waals surface area contributed by atoms with Gasteiger partial charge in [-0.2, -0.15) is 0 Å². The van der Waals surface area contributed by atoms with Crippen molar-refractivity contribution in [2.24, 2.45) is 0 Å². The summed E-state index contributed by atoms with van der Waals surface area (Å²) in [7, 11) is 3.35. The first-order valence-electron chi connectivity index (χ1n) is 12.6. The van der Waals surface area contributed by atoms with Crippen molar-refractivity contribution in [3.8, 4) is 17.2 Å². The SMILES string of the molecule is COc1ccc(OC)c(COC2CNCCC2c2ccc(OCCCOCc3ccccc3)cc2)c1.Cl. The first-order chi connectivity index (χ1) is 17.8. The maximum Gasteiger partial charge on any atom is 0.124 e. The summed E-state index contributed by atoms with van der Waals surface area (Å²) < 4.78 is 28.9. The zero-order valence-electron chi connectivity index (χ0n) is 21.7. The van der Waals surface area contributed by atoms with Crippen molar-refractivity contribution < 1.29 is 23.7 Å². The lowest BCUT2D eigenvalue weighted by atomic mass is 9.87. The van der Waals surface area contributed by atoms with E-state index < -0.39 is 0 Å². The van der Waals surface area contributed by atoms with Gasteiger partial charge < -0.3 is 29.0 Å². The van der Waals surface area contributed by atoms with Crippen molar-refractivity contribution in [1.82, 2.24) is 5.32 Å². The molecule has 0 aliphatic carbocycles. The molecule has 2 atom stereocenters. The Bertz CT molecular complexity index is 1050. The Hall–Kier alpha value is -2.77. The third-order valence-corrected chi connectivity index (χ3v) is 6.49. The van der Waals surface area contributed by atoms with Crippen molar-refractivity contribution in [3.63, 3.8) is 0 Å². The van der Waals surface area contributed by atoms with Gasteiger partial charge in [0.15, 0.2) is 0 Å². The first-order valence-corrected chi connectivity index (χ1v) is 12.6. The van der Waals surface area contributed by atoms with Gasteiger partial charge in [-0.25, -0.2) is 0 Å². The second kappa shape index (κ2) is 15.5. The molecule has 37 heavy (non-hydrogen) atoms. The molecular formula is C30H38ClNO5. The van der Waals surface area contributed by atoms with Crippen molar-refractivity contribution in [3.05, 3.63) is 89.5 Å². The van der Waals surface area contributed by atoms with Crippen LogP contribution in [0.4, 0.5) is 0 Å². The average Bonchev–Trinajstić information content (AvgIpc) is 2.94. The number of halogens is 1. The number of nitrogens with one attached hydrogen (secondary N) is 1. The van der Waals surface area contributed by atoms with E-state index in [1.54, 1.807) is 14.2 Å². The van der Waals surface area contributed by atoms with Gasteiger partial charge in [-0.3, -0.25) is 0 Å². The first kappa shape index (κ1) is 28.8. The maximum atomic E-state index is 6.40. The predicted octanol–water partition coefficient (Wildman–Crippen LogP) is 5.77. The summed E-state index contributed by atoms with van der Waals surface area (Å²) in [5.41, 5.74) is 3.45. The molecule has 0 radical (unpaired) electrons. The van der Waals surface area contributed by atoms with Crippen molar-refractivity contribution in [1.29, 1.82) is 0 Å². The molecule has 1 aliphatic heterocycles. The summed E-state index contributed by atoms with van der Waals surface area (Å²) in [4.78, 5) is 0. The highest BCUT2D eigenvalue weighted by Gasteiger charge is 2.27. The fourth-order valence-electron chi connectivity index (χ4n) is 4.50. The number of rotatable bonds is 13. The Kier molecular flexibility index (Phi) is 12.0. The Labute approximate surface area is 226 Å². The van der Waals surface area contributed by atoms with Gasteiger partial charge in [-0.05, 0) is 54.4 Å². The average molecular weight is 528 g/mol. The molecule has 2 unspecified atom stereocenters. The molecule has 3 aromatic rings. The van der Waals surface area contributed by atoms with Crippen LogP contribution in [-0.2, 0) is 22.7 Å². The van der Waals surface area contributed by atoms with Gasteiger partial charge in [-0.15, -0.1) is 12.4 Å². The molecule has 1 aliphatic rings. The topological polar surface area (TPSA) is 58.2 Å². The van der Waals surface area contributed by atoms with Gasteiger partial charge >= 0.3 is 0 Å². The van der Waals surface area contributed by atoms with E-state index in [0.717, 1.165) is 48.7 Å². The Morgan fingerprint density at radius 3 is 2.38 bits per heavy atom. The quantitative estimate of drug-likeness (QED) is 0.285. The third-order valence-electron chi connectivity index (χ3n) is 6.49. The molecular weight excluding hydrogens is 490 g/mol. The highest BCUT2D eigenvalue weighted by Crippen LogP contribution is 2.31. The van der Waals surface area contributed by atoms with E-state index in [0.29, 0.717) is 32.3 Å². The van der Waals surface area contributed by atoms with Crippen LogP contribution in [0, 0.1) is 0 Å². The monoisotopic (exact) mass is 527 g/mol. The standard InChI is InChI=1S/C30H37NO5.ClH/c1-32-27-13-14-29(33-2)25(19-27)22-36-30-20-31-16-15-28(30)24-9-11-26(12-10-24)35-18-6-17-34-21-23-7-4-3-5-8-23;/h3-5,7-14,19,28,30-31H,6,15-18,20-22H2,1-2H3;1H. The minimum Gasteiger partial charge on any atom is -0.497 e. The Balaban J connectivity index is 0.00000380. The minimum atomic E-state index is 0. The van der Waals surface area contributed by atoms with Crippen molar-refractivity contribution in [2.75, 3.05) is 40.5 Å². The molecule has 0 bridgehead atoms. The van der Waals surface area contributed by atoms with Crippen LogP contribution in [0.2, 0.25) is 0 Å². The van der Waals surface area contributed by atoms with Gasteiger partial charge in [0.2, 0.25) is 0 Å². The molecule has 3 aromatic carbocycles. The third kappa shape index (κ3) is 8.64. The van der Waals surface area contributed by atoms with E-state index in [1.165, 1.54) is 11.1 Å². The highest BCUT2D eigenvalue weighted by molar-refractivity contribution is 5.85. The lowest BCUT2D eigenvalue weighted by Gasteiger charge is -2.32. The lowest BCUT2D eigenvalue weighted by molar-refractivity contribution is 0.00975. The lowest BCUT2D eigenvalue weighted by Crippen LogP contribution is -2.41. The van der Waals surface area contributed by atoms with Crippen LogP contribution >= 0.6 is 12.4 Å². The summed E-state index contributed by atoms with van der Waals surface area (Å²) in [6.45, 7) is 4.22. The zero-order valence-corrected chi connectivity index (χ0v) is 22.5. The smallest absolute Gasteiger partial charge is 0.124 e. The molecule has 0 spiro atoms. The normalized spacial score (nSPS) is 17.0. The van der Waals surface area contributed by atoms with E-state index in [1.807, 2.05) is 36.4 Å². The van der Waals surface area contributed by atoms with Crippen LogP contribution in [0.25, 0.3) is 0 Å². The fraction of sp³-hybridized carbons (Fsp3) is 0.400. The van der Waals surface area contributed by atoms with Crippen LogP contribution in [-0.4, -0.2) is 46.6 Å². The van der Waals surface area contributed by atoms with Crippen LogP contribution < -0.4 is 19.5 Å². The number of hydrogen-bond donors (Lipinski definition) is 1. The molecule has 1 N–H and O–H groups in total. The summed E-state index contributed by atoms with van der Waals surface area (Å²) >= 11 is 0. The van der Waals surface area contributed by atoms with Crippen molar-refractivity contribution >= 4 is 12.4 Å². The summed E-state index contributed by atoms with van der Waals surface area (Å²) in [5.74, 6) is 2.81. The van der Waals surface area contributed by atoms with Crippen LogP contribution in [0.1, 0.15) is 35.4 Å². The van der Waals surface area contributed by atoms with E-state index in [4.69, 9.17) is 23.7 Å². The summed E-state index contributed by atoms with van der Waals surface area (Å²) in [5, 5.41) is 3.47. The van der Waals surface area contributed by atoms with Crippen LogP contribution in [0.15, 0.2) is 72.8 Å². The number of hydrogen-bond acceptors (Lipinski definition) is 6. The predicted molar refractivity (Wildman–Crippen MR) is 148 cm³/mol. The number of piperidine rings is 1. The molecule has 4 rings (SSSR count). The summed E-state index contributed by atoms with van der Waals surface area (Å²) in [6.07, 6.45) is 1.95. The Morgan fingerprint density at radius 1 is 0.838 bits per heavy atom. The molecule has 0 aromatic heterocycles. The molecule has 7 heteroatoms. The molecule has 0 amide bonds. The van der Waals surface area contributed by atoms with E-state index in [9.17, 15) is 0 Å². The van der Waals surface area contributed by atoms with Gasteiger partial charge in [0.05, 0.1) is 46.8 Å². The molecule has 6 nitrogen and oxygen atoms in total. The van der Waals surface area contributed by atoms with Crippen molar-refractivity contribution in [2.45, 2.75) is 38.1 Å². The van der Waals surface area contributed by atoms with Gasteiger partial charge in [0.1, 0.15) is 17.2 Å². The molecule has 200 valence electrons. The van der Waals surface area contributed by atoms with Gasteiger partial charge in [0, 0.05) is 24.4 Å². The molecule has 1 fully saturated rings. The van der Waals surface area contributed by atoms with E-state index in [-0.39, 0.29) is 18.5 Å². The number of ether oxygens (including phenoxy) is 5. The van der Waals surface area contributed by atoms with E-state index in [2.05, 4.69) is 41.7 Å². The van der Waals surface area contributed by atoms with Gasteiger partial charge in [0.25, 0.3) is 0 Å². The number of methoxy groups -OCH3 is 2. The molecule has 1 heterocycles. The second-order valence-electron chi connectivity index (χ2n) is 8.94. The molecule has 1 saturated heterocycles. The van der Waals surface area contributed by atoms with E-state index >= 15 is 0 Å². The maximum absolute atomic E-state index is 6.40. The fourth-order valence-corrected chi connectivity index (χ4v) is 4.50. The largest absolute Gasteiger partial charge is 0.497 e. The number of benzene rings is 3.